The highest BCUT2D eigenvalue weighted by molar-refractivity contribution is 9.10. The number of imide groups is 1. The molecule has 0 N–H and O–H groups in total. The molecule has 2 aromatic rings. The fourth-order valence-electron chi connectivity index (χ4n) is 2.46. The number of ether oxygens (including phenoxy) is 1. The van der Waals surface area contributed by atoms with Gasteiger partial charge in [0.2, 0.25) is 0 Å². The van der Waals surface area contributed by atoms with Crippen LogP contribution in [-0.4, -0.2) is 22.7 Å². The molecule has 25 heavy (non-hydrogen) atoms. The lowest BCUT2D eigenvalue weighted by Crippen LogP contribution is -2.27. The van der Waals surface area contributed by atoms with Crippen molar-refractivity contribution in [3.63, 3.8) is 0 Å². The number of carbonyl (C=O) groups is 2. The van der Waals surface area contributed by atoms with Crippen molar-refractivity contribution < 1.29 is 14.3 Å². The maximum Gasteiger partial charge on any atom is 0.293 e. The van der Waals surface area contributed by atoms with Crippen molar-refractivity contribution in [1.29, 1.82) is 0 Å². The lowest BCUT2D eigenvalue weighted by Gasteiger charge is -2.12. The van der Waals surface area contributed by atoms with Gasteiger partial charge >= 0.3 is 0 Å². The summed E-state index contributed by atoms with van der Waals surface area (Å²) in [4.78, 5) is 26.6. The van der Waals surface area contributed by atoms with Gasteiger partial charge in [-0.3, -0.25) is 14.5 Å². The first-order valence-electron chi connectivity index (χ1n) is 7.80. The van der Waals surface area contributed by atoms with Gasteiger partial charge in [0.25, 0.3) is 11.1 Å². The van der Waals surface area contributed by atoms with Crippen molar-refractivity contribution >= 4 is 44.9 Å². The molecule has 0 bridgehead atoms. The first-order chi connectivity index (χ1) is 12.1. The Morgan fingerprint density at radius 1 is 1.16 bits per heavy atom. The Morgan fingerprint density at radius 2 is 1.92 bits per heavy atom. The van der Waals surface area contributed by atoms with Crippen LogP contribution in [0, 0.1) is 0 Å². The molecule has 1 heterocycles. The molecular weight excluding hydrogens is 402 g/mol. The molecule has 3 rings (SSSR count). The van der Waals surface area contributed by atoms with Crippen LogP contribution < -0.4 is 4.74 Å². The normalized spacial score (nSPS) is 15.9. The van der Waals surface area contributed by atoms with Crippen LogP contribution in [0.2, 0.25) is 0 Å². The Balaban J connectivity index is 1.87. The molecule has 1 saturated heterocycles. The van der Waals surface area contributed by atoms with E-state index < -0.39 is 0 Å². The average molecular weight is 418 g/mol. The summed E-state index contributed by atoms with van der Waals surface area (Å²) in [5.74, 6) is 0.404. The third kappa shape index (κ3) is 4.14. The van der Waals surface area contributed by atoms with Crippen LogP contribution in [-0.2, 0) is 11.3 Å². The largest absolute Gasteiger partial charge is 0.493 e. The monoisotopic (exact) mass is 417 g/mol. The zero-order chi connectivity index (χ0) is 17.8. The summed E-state index contributed by atoms with van der Waals surface area (Å²) in [7, 11) is 0. The van der Waals surface area contributed by atoms with Gasteiger partial charge in [-0.2, -0.15) is 0 Å². The molecule has 2 aromatic carbocycles. The topological polar surface area (TPSA) is 46.6 Å². The van der Waals surface area contributed by atoms with Crippen molar-refractivity contribution in [2.75, 3.05) is 6.61 Å². The summed E-state index contributed by atoms with van der Waals surface area (Å²) in [5, 5.41) is -0.256. The Bertz CT molecular complexity index is 836. The second-order valence-electron chi connectivity index (χ2n) is 5.37. The van der Waals surface area contributed by atoms with Gasteiger partial charge in [-0.1, -0.05) is 46.3 Å². The average Bonchev–Trinajstić information content (AvgIpc) is 2.86. The Morgan fingerprint density at radius 3 is 2.64 bits per heavy atom. The molecule has 0 aromatic heterocycles. The summed E-state index contributed by atoms with van der Waals surface area (Å²) < 4.78 is 6.48. The molecule has 0 spiro atoms. The molecule has 0 aliphatic carbocycles. The van der Waals surface area contributed by atoms with Crippen LogP contribution in [0.4, 0.5) is 4.79 Å². The van der Waals surface area contributed by atoms with E-state index in [1.807, 2.05) is 55.5 Å². The Labute approximate surface area is 159 Å². The summed E-state index contributed by atoms with van der Waals surface area (Å²) >= 11 is 4.38. The minimum absolute atomic E-state index is 0.256. The fraction of sp³-hybridized carbons (Fsp3) is 0.158. The molecule has 0 saturated carbocycles. The van der Waals surface area contributed by atoms with Crippen LogP contribution in [0.3, 0.4) is 0 Å². The van der Waals surface area contributed by atoms with Gasteiger partial charge in [-0.15, -0.1) is 0 Å². The number of amides is 2. The van der Waals surface area contributed by atoms with E-state index >= 15 is 0 Å². The summed E-state index contributed by atoms with van der Waals surface area (Å²) in [5.41, 5.74) is 1.69. The third-order valence-electron chi connectivity index (χ3n) is 3.62. The molecule has 128 valence electrons. The second-order valence-corrected chi connectivity index (χ2v) is 7.28. The van der Waals surface area contributed by atoms with Crippen LogP contribution in [0.25, 0.3) is 6.08 Å². The van der Waals surface area contributed by atoms with E-state index in [1.54, 1.807) is 6.08 Å². The highest BCUT2D eigenvalue weighted by atomic mass is 79.9. The number of hydrogen-bond acceptors (Lipinski definition) is 4. The molecule has 0 unspecified atom stereocenters. The predicted molar refractivity (Wildman–Crippen MR) is 103 cm³/mol. The molecule has 2 amide bonds. The van der Waals surface area contributed by atoms with Crippen molar-refractivity contribution in [2.24, 2.45) is 0 Å². The molecule has 4 nitrogen and oxygen atoms in total. The van der Waals surface area contributed by atoms with E-state index in [4.69, 9.17) is 4.74 Å². The van der Waals surface area contributed by atoms with Crippen LogP contribution in [0.15, 0.2) is 57.9 Å². The summed E-state index contributed by atoms with van der Waals surface area (Å²) in [6.45, 7) is 2.71. The number of nitrogens with zero attached hydrogens (tertiary/aromatic N) is 1. The van der Waals surface area contributed by atoms with Crippen molar-refractivity contribution in [3.05, 3.63) is 69.0 Å². The minimum Gasteiger partial charge on any atom is -0.493 e. The second kappa shape index (κ2) is 7.89. The standard InChI is InChI=1S/C19H16BrNO3S/c1-2-24-16-9-8-15(20)10-14(16)11-17-18(22)21(19(23)25-17)12-13-6-4-3-5-7-13/h3-11H,2,12H2,1H3. The minimum atomic E-state index is -0.277. The first-order valence-corrected chi connectivity index (χ1v) is 9.41. The first kappa shape index (κ1) is 17.8. The molecule has 1 aliphatic rings. The summed E-state index contributed by atoms with van der Waals surface area (Å²) in [6.07, 6.45) is 1.71. The van der Waals surface area contributed by atoms with Gasteiger partial charge in [0, 0.05) is 10.0 Å². The maximum absolute atomic E-state index is 12.6. The number of halogens is 1. The van der Waals surface area contributed by atoms with Crippen LogP contribution in [0.5, 0.6) is 5.75 Å². The van der Waals surface area contributed by atoms with E-state index in [0.717, 1.165) is 27.4 Å². The Hall–Kier alpha value is -2.05. The zero-order valence-electron chi connectivity index (χ0n) is 13.6. The molecular formula is C19H16BrNO3S. The van der Waals surface area contributed by atoms with E-state index in [2.05, 4.69) is 15.9 Å². The molecule has 6 heteroatoms. The SMILES string of the molecule is CCOc1ccc(Br)cc1C=C1SC(=O)N(Cc2ccccc2)C1=O. The highest BCUT2D eigenvalue weighted by Gasteiger charge is 2.35. The quantitative estimate of drug-likeness (QED) is 0.635. The van der Waals surface area contributed by atoms with E-state index in [0.29, 0.717) is 17.3 Å². The van der Waals surface area contributed by atoms with Crippen molar-refractivity contribution in [2.45, 2.75) is 13.5 Å². The lowest BCUT2D eigenvalue weighted by molar-refractivity contribution is -0.123. The highest BCUT2D eigenvalue weighted by Crippen LogP contribution is 2.35. The van der Waals surface area contributed by atoms with E-state index in [1.165, 1.54) is 4.90 Å². The number of hydrogen-bond donors (Lipinski definition) is 0. The van der Waals surface area contributed by atoms with E-state index in [-0.39, 0.29) is 17.7 Å². The van der Waals surface area contributed by atoms with Gasteiger partial charge in [0.05, 0.1) is 18.1 Å². The molecule has 1 aliphatic heterocycles. The third-order valence-corrected chi connectivity index (χ3v) is 5.02. The summed E-state index contributed by atoms with van der Waals surface area (Å²) in [6, 6.07) is 15.1. The van der Waals surface area contributed by atoms with Crippen LogP contribution >= 0.6 is 27.7 Å². The molecule has 0 radical (unpaired) electrons. The van der Waals surface area contributed by atoms with Gasteiger partial charge < -0.3 is 4.74 Å². The number of rotatable bonds is 5. The van der Waals surface area contributed by atoms with Crippen molar-refractivity contribution in [3.8, 4) is 5.75 Å². The number of carbonyl (C=O) groups excluding carboxylic acids is 2. The van der Waals surface area contributed by atoms with Crippen LogP contribution in [0.1, 0.15) is 18.1 Å². The van der Waals surface area contributed by atoms with Gasteiger partial charge in [-0.05, 0) is 48.5 Å². The number of benzene rings is 2. The van der Waals surface area contributed by atoms with E-state index in [9.17, 15) is 9.59 Å². The fourth-order valence-corrected chi connectivity index (χ4v) is 3.67. The Kier molecular flexibility index (Phi) is 5.60. The van der Waals surface area contributed by atoms with Gasteiger partial charge in [0.15, 0.2) is 0 Å². The molecule has 1 fully saturated rings. The lowest BCUT2D eigenvalue weighted by atomic mass is 10.1. The number of thioether (sulfide) groups is 1. The predicted octanol–water partition coefficient (Wildman–Crippen LogP) is 5.08. The maximum atomic E-state index is 12.6. The van der Waals surface area contributed by atoms with Crippen molar-refractivity contribution in [1.82, 2.24) is 4.90 Å². The van der Waals surface area contributed by atoms with Gasteiger partial charge in [0.1, 0.15) is 5.75 Å². The van der Waals surface area contributed by atoms with Gasteiger partial charge in [-0.25, -0.2) is 0 Å². The smallest absolute Gasteiger partial charge is 0.293 e. The zero-order valence-corrected chi connectivity index (χ0v) is 16.0. The molecule has 0 atom stereocenters.